The van der Waals surface area contributed by atoms with Crippen molar-refractivity contribution in [3.8, 4) is 12.3 Å². The molecule has 1 N–H and O–H groups in total. The Labute approximate surface area is 193 Å². The molecule has 1 aliphatic carbocycles. The summed E-state index contributed by atoms with van der Waals surface area (Å²) < 4.78 is 1.80. The molecule has 0 atom stereocenters. The van der Waals surface area contributed by atoms with Gasteiger partial charge < -0.3 is 15.1 Å². The SMILES string of the molecule is C#Cc1cc2cnc(Nc3ccc(N4CC5(CN(C)C5)C4)cc3)nc2n(C2CCCC2)c1=O. The Hall–Kier alpha value is -3.37. The van der Waals surface area contributed by atoms with Gasteiger partial charge in [0.05, 0.1) is 5.56 Å². The normalized spacial score (nSPS) is 19.9. The van der Waals surface area contributed by atoms with Crippen LogP contribution in [0.5, 0.6) is 0 Å². The molecule has 0 amide bonds. The molecule has 1 spiro atoms. The summed E-state index contributed by atoms with van der Waals surface area (Å²) in [6, 6.07) is 10.3. The first-order valence-corrected chi connectivity index (χ1v) is 11.7. The van der Waals surface area contributed by atoms with Crippen LogP contribution in [0.25, 0.3) is 11.0 Å². The van der Waals surface area contributed by atoms with Gasteiger partial charge in [-0.2, -0.15) is 4.98 Å². The Morgan fingerprint density at radius 2 is 1.85 bits per heavy atom. The summed E-state index contributed by atoms with van der Waals surface area (Å²) in [5.41, 5.74) is 3.57. The molecule has 4 heterocycles. The van der Waals surface area contributed by atoms with Crippen molar-refractivity contribution in [2.45, 2.75) is 31.7 Å². The van der Waals surface area contributed by atoms with Gasteiger partial charge in [0.15, 0.2) is 0 Å². The lowest BCUT2D eigenvalue weighted by Gasteiger charge is -2.60. The lowest BCUT2D eigenvalue weighted by atomic mass is 9.73. The summed E-state index contributed by atoms with van der Waals surface area (Å²) in [4.78, 5) is 27.1. The number of aromatic nitrogens is 3. The molecule has 3 aromatic rings. The third-order valence-corrected chi connectivity index (χ3v) is 7.37. The van der Waals surface area contributed by atoms with Crippen LogP contribution < -0.4 is 15.8 Å². The van der Waals surface area contributed by atoms with Crippen molar-refractivity contribution < 1.29 is 0 Å². The molecule has 168 valence electrons. The van der Waals surface area contributed by atoms with Gasteiger partial charge in [0.2, 0.25) is 5.95 Å². The maximum atomic E-state index is 13.0. The van der Waals surface area contributed by atoms with Crippen molar-refractivity contribution in [2.75, 3.05) is 43.4 Å². The minimum Gasteiger partial charge on any atom is -0.370 e. The van der Waals surface area contributed by atoms with Crippen LogP contribution in [0.3, 0.4) is 0 Å². The number of fused-ring (bicyclic) bond motifs is 1. The van der Waals surface area contributed by atoms with E-state index in [4.69, 9.17) is 11.4 Å². The molecular weight excluding hydrogens is 412 g/mol. The van der Waals surface area contributed by atoms with Crippen molar-refractivity contribution in [1.29, 1.82) is 0 Å². The number of terminal acetylenes is 1. The van der Waals surface area contributed by atoms with E-state index in [1.165, 1.54) is 18.8 Å². The van der Waals surface area contributed by atoms with Crippen LogP contribution in [0, 0.1) is 17.8 Å². The van der Waals surface area contributed by atoms with Gasteiger partial charge in [0.1, 0.15) is 5.65 Å². The van der Waals surface area contributed by atoms with Crippen molar-refractivity contribution in [1.82, 2.24) is 19.4 Å². The summed E-state index contributed by atoms with van der Waals surface area (Å²) in [5, 5.41) is 4.10. The minimum atomic E-state index is -0.129. The largest absolute Gasteiger partial charge is 0.370 e. The maximum Gasteiger partial charge on any atom is 0.268 e. The van der Waals surface area contributed by atoms with Crippen molar-refractivity contribution >= 4 is 28.4 Å². The minimum absolute atomic E-state index is 0.129. The van der Waals surface area contributed by atoms with Crippen LogP contribution in [-0.2, 0) is 0 Å². The van der Waals surface area contributed by atoms with Crippen molar-refractivity contribution in [3.63, 3.8) is 0 Å². The molecule has 7 nitrogen and oxygen atoms in total. The highest BCUT2D eigenvalue weighted by Crippen LogP contribution is 2.41. The first-order chi connectivity index (χ1) is 16.0. The van der Waals surface area contributed by atoms with E-state index < -0.39 is 0 Å². The smallest absolute Gasteiger partial charge is 0.268 e. The van der Waals surface area contributed by atoms with Crippen LogP contribution in [0.15, 0.2) is 41.3 Å². The van der Waals surface area contributed by atoms with Gasteiger partial charge in [-0.3, -0.25) is 9.36 Å². The van der Waals surface area contributed by atoms with E-state index in [2.05, 4.69) is 57.3 Å². The Morgan fingerprint density at radius 3 is 2.52 bits per heavy atom. The van der Waals surface area contributed by atoms with E-state index in [1.807, 2.05) is 0 Å². The summed E-state index contributed by atoms with van der Waals surface area (Å²) in [6.45, 7) is 4.68. The van der Waals surface area contributed by atoms with Crippen LogP contribution in [0.2, 0.25) is 0 Å². The zero-order chi connectivity index (χ0) is 22.6. The summed E-state index contributed by atoms with van der Waals surface area (Å²) in [7, 11) is 2.18. The van der Waals surface area contributed by atoms with Gasteiger partial charge in [0.25, 0.3) is 5.56 Å². The van der Waals surface area contributed by atoms with Crippen molar-refractivity contribution in [3.05, 3.63) is 52.4 Å². The fourth-order valence-corrected chi connectivity index (χ4v) is 5.91. The van der Waals surface area contributed by atoms with E-state index in [9.17, 15) is 4.79 Å². The fraction of sp³-hybridized carbons (Fsp3) is 0.423. The average molecular weight is 441 g/mol. The number of nitrogens with one attached hydrogen (secondary N) is 1. The highest BCUT2D eigenvalue weighted by molar-refractivity contribution is 5.77. The number of rotatable bonds is 4. The number of hydrogen-bond donors (Lipinski definition) is 1. The summed E-state index contributed by atoms with van der Waals surface area (Å²) in [6.07, 6.45) is 11.5. The van der Waals surface area contributed by atoms with Gasteiger partial charge in [-0.15, -0.1) is 6.42 Å². The molecule has 6 rings (SSSR count). The van der Waals surface area contributed by atoms with Gasteiger partial charge in [-0.25, -0.2) is 4.98 Å². The molecule has 7 heteroatoms. The van der Waals surface area contributed by atoms with E-state index in [0.717, 1.165) is 49.8 Å². The van der Waals surface area contributed by atoms with Gasteiger partial charge in [0, 0.05) is 60.6 Å². The molecule has 2 aromatic heterocycles. The topological polar surface area (TPSA) is 66.3 Å². The fourth-order valence-electron chi connectivity index (χ4n) is 5.91. The monoisotopic (exact) mass is 440 g/mol. The molecule has 3 fully saturated rings. The third-order valence-electron chi connectivity index (χ3n) is 7.37. The molecule has 1 aromatic carbocycles. The van der Waals surface area contributed by atoms with E-state index in [1.54, 1.807) is 16.8 Å². The average Bonchev–Trinajstić information content (AvgIpc) is 3.30. The highest BCUT2D eigenvalue weighted by Gasteiger charge is 2.50. The number of nitrogens with zero attached hydrogens (tertiary/aromatic N) is 5. The number of likely N-dealkylation sites (tertiary alicyclic amines) is 1. The number of pyridine rings is 1. The second-order valence-electron chi connectivity index (χ2n) is 9.99. The maximum absolute atomic E-state index is 13.0. The van der Waals surface area contributed by atoms with Gasteiger partial charge in [-0.05, 0) is 50.2 Å². The number of hydrogen-bond acceptors (Lipinski definition) is 6. The zero-order valence-corrected chi connectivity index (χ0v) is 18.9. The Morgan fingerprint density at radius 1 is 1.12 bits per heavy atom. The molecule has 3 aliphatic rings. The first-order valence-electron chi connectivity index (χ1n) is 11.7. The first kappa shape index (κ1) is 20.3. The second-order valence-corrected chi connectivity index (χ2v) is 9.99. The second kappa shape index (κ2) is 7.60. The number of benzene rings is 1. The molecule has 0 radical (unpaired) electrons. The molecular formula is C26H28N6O. The molecule has 1 saturated carbocycles. The van der Waals surface area contributed by atoms with Gasteiger partial charge >= 0.3 is 0 Å². The van der Waals surface area contributed by atoms with E-state index >= 15 is 0 Å². The van der Waals surface area contributed by atoms with Gasteiger partial charge in [-0.1, -0.05) is 18.8 Å². The molecule has 0 unspecified atom stereocenters. The quantitative estimate of drug-likeness (QED) is 0.628. The lowest BCUT2D eigenvalue weighted by Crippen LogP contribution is -2.71. The Balaban J connectivity index is 1.25. The van der Waals surface area contributed by atoms with Crippen LogP contribution >= 0.6 is 0 Å². The van der Waals surface area contributed by atoms with Crippen molar-refractivity contribution in [2.24, 2.45) is 5.41 Å². The lowest BCUT2D eigenvalue weighted by molar-refractivity contribution is -0.00238. The predicted octanol–water partition coefficient (Wildman–Crippen LogP) is 3.38. The predicted molar refractivity (Wildman–Crippen MR) is 131 cm³/mol. The third kappa shape index (κ3) is 3.46. The molecule has 2 aliphatic heterocycles. The zero-order valence-electron chi connectivity index (χ0n) is 18.9. The molecule has 33 heavy (non-hydrogen) atoms. The molecule has 2 saturated heterocycles. The number of anilines is 3. The summed E-state index contributed by atoms with van der Waals surface area (Å²) in [5.74, 6) is 3.02. The van der Waals surface area contributed by atoms with Crippen LogP contribution in [-0.4, -0.2) is 52.7 Å². The highest BCUT2D eigenvalue weighted by atomic mass is 16.1. The summed E-state index contributed by atoms with van der Waals surface area (Å²) >= 11 is 0. The van der Waals surface area contributed by atoms with Crippen LogP contribution in [0.4, 0.5) is 17.3 Å². The Bertz CT molecular complexity index is 1300. The van der Waals surface area contributed by atoms with E-state index in [0.29, 0.717) is 22.6 Å². The van der Waals surface area contributed by atoms with E-state index in [-0.39, 0.29) is 11.6 Å². The molecule has 0 bridgehead atoms. The standard InChI is InChI=1S/C26H28N6O/c1-3-18-12-19-13-27-25(29-23(19)32(24(18)33)22-6-4-5-7-22)28-20-8-10-21(11-9-20)31-16-26(17-31)14-30(2)15-26/h1,8-13,22H,4-7,14-17H2,2H3,(H,27,28,29). The Kier molecular flexibility index (Phi) is 4.66. The van der Waals surface area contributed by atoms with Crippen LogP contribution in [0.1, 0.15) is 37.3 Å².